The van der Waals surface area contributed by atoms with E-state index in [4.69, 9.17) is 16.3 Å². The molecular weight excluding hydrogens is 300 g/mol. The molecule has 5 nitrogen and oxygen atoms in total. The minimum Gasteiger partial charge on any atom is -0.495 e. The summed E-state index contributed by atoms with van der Waals surface area (Å²) >= 11 is 6.27. The van der Waals surface area contributed by atoms with Gasteiger partial charge in [-0.15, -0.1) is 0 Å². The SMILES string of the molecule is COc1ccccc1Nc1ncc(Cl)c(N2CCCCC2)n1. The summed E-state index contributed by atoms with van der Waals surface area (Å²) in [6.07, 6.45) is 5.27. The maximum Gasteiger partial charge on any atom is 0.229 e. The first kappa shape index (κ1) is 14.9. The number of anilines is 3. The van der Waals surface area contributed by atoms with Gasteiger partial charge in [0.05, 0.1) is 19.0 Å². The second kappa shape index (κ2) is 6.83. The number of aromatic nitrogens is 2. The molecule has 0 aliphatic carbocycles. The molecule has 1 aromatic heterocycles. The van der Waals surface area contributed by atoms with E-state index in [0.717, 1.165) is 30.3 Å². The number of hydrogen-bond acceptors (Lipinski definition) is 5. The van der Waals surface area contributed by atoms with Gasteiger partial charge in [-0.2, -0.15) is 4.98 Å². The molecule has 1 saturated heterocycles. The number of para-hydroxylation sites is 2. The Morgan fingerprint density at radius 2 is 1.95 bits per heavy atom. The molecule has 2 heterocycles. The number of ether oxygens (including phenoxy) is 1. The van der Waals surface area contributed by atoms with Crippen molar-refractivity contribution < 1.29 is 4.74 Å². The Hall–Kier alpha value is -2.01. The van der Waals surface area contributed by atoms with E-state index in [1.807, 2.05) is 24.3 Å². The Morgan fingerprint density at radius 3 is 2.73 bits per heavy atom. The smallest absolute Gasteiger partial charge is 0.229 e. The van der Waals surface area contributed by atoms with Crippen molar-refractivity contribution in [2.75, 3.05) is 30.4 Å². The number of piperidine rings is 1. The molecule has 0 saturated carbocycles. The van der Waals surface area contributed by atoms with Crippen molar-refractivity contribution in [1.82, 2.24) is 9.97 Å². The van der Waals surface area contributed by atoms with Crippen LogP contribution in [0.2, 0.25) is 5.02 Å². The molecule has 22 heavy (non-hydrogen) atoms. The Kier molecular flexibility index (Phi) is 4.63. The molecule has 1 aliphatic rings. The van der Waals surface area contributed by atoms with Gasteiger partial charge in [-0.3, -0.25) is 0 Å². The highest BCUT2D eigenvalue weighted by atomic mass is 35.5. The van der Waals surface area contributed by atoms with E-state index in [1.54, 1.807) is 13.3 Å². The van der Waals surface area contributed by atoms with Crippen LogP contribution in [0, 0.1) is 0 Å². The number of nitrogens with zero attached hydrogens (tertiary/aromatic N) is 3. The molecule has 6 heteroatoms. The topological polar surface area (TPSA) is 50.3 Å². The van der Waals surface area contributed by atoms with Crippen LogP contribution in [0.1, 0.15) is 19.3 Å². The second-order valence-corrected chi connectivity index (χ2v) is 5.65. The molecule has 0 bridgehead atoms. The number of methoxy groups -OCH3 is 1. The summed E-state index contributed by atoms with van der Waals surface area (Å²) in [5, 5.41) is 3.79. The van der Waals surface area contributed by atoms with Crippen molar-refractivity contribution in [3.05, 3.63) is 35.5 Å². The Morgan fingerprint density at radius 1 is 1.18 bits per heavy atom. The van der Waals surface area contributed by atoms with Crippen molar-refractivity contribution in [2.45, 2.75) is 19.3 Å². The van der Waals surface area contributed by atoms with Crippen molar-refractivity contribution in [3.8, 4) is 5.75 Å². The molecule has 1 N–H and O–H groups in total. The highest BCUT2D eigenvalue weighted by molar-refractivity contribution is 6.32. The lowest BCUT2D eigenvalue weighted by Crippen LogP contribution is -2.30. The fraction of sp³-hybridized carbons (Fsp3) is 0.375. The van der Waals surface area contributed by atoms with Crippen molar-refractivity contribution in [1.29, 1.82) is 0 Å². The molecular formula is C16H19ClN4O. The van der Waals surface area contributed by atoms with E-state index in [1.165, 1.54) is 19.3 Å². The predicted octanol–water partition coefficient (Wildman–Crippen LogP) is 3.87. The zero-order valence-electron chi connectivity index (χ0n) is 12.6. The van der Waals surface area contributed by atoms with Crippen LogP contribution >= 0.6 is 11.6 Å². The van der Waals surface area contributed by atoms with E-state index in [2.05, 4.69) is 20.2 Å². The minimum atomic E-state index is 0.523. The zero-order chi connectivity index (χ0) is 15.4. The maximum atomic E-state index is 6.27. The van der Waals surface area contributed by atoms with Gasteiger partial charge in [-0.1, -0.05) is 23.7 Å². The monoisotopic (exact) mass is 318 g/mol. The van der Waals surface area contributed by atoms with E-state index in [0.29, 0.717) is 11.0 Å². The molecule has 0 amide bonds. The Balaban J connectivity index is 1.85. The second-order valence-electron chi connectivity index (χ2n) is 5.24. The first-order valence-electron chi connectivity index (χ1n) is 7.45. The predicted molar refractivity (Wildman–Crippen MR) is 89.4 cm³/mol. The molecule has 0 radical (unpaired) electrons. The minimum absolute atomic E-state index is 0.523. The van der Waals surface area contributed by atoms with Crippen LogP contribution in [0.15, 0.2) is 30.5 Å². The summed E-state index contributed by atoms with van der Waals surface area (Å²) in [7, 11) is 1.64. The van der Waals surface area contributed by atoms with Gasteiger partial charge in [-0.25, -0.2) is 4.98 Å². The average molecular weight is 319 g/mol. The van der Waals surface area contributed by atoms with Crippen LogP contribution in [-0.4, -0.2) is 30.2 Å². The van der Waals surface area contributed by atoms with Gasteiger partial charge in [0, 0.05) is 13.1 Å². The van der Waals surface area contributed by atoms with Crippen LogP contribution in [0.4, 0.5) is 17.5 Å². The Bertz CT molecular complexity index is 644. The lowest BCUT2D eigenvalue weighted by atomic mass is 10.1. The number of benzene rings is 1. The standard InChI is InChI=1S/C16H19ClN4O/c1-22-14-8-4-3-7-13(14)19-16-18-11-12(17)15(20-16)21-9-5-2-6-10-21/h3-4,7-8,11H,2,5-6,9-10H2,1H3,(H,18,19,20). The average Bonchev–Trinajstić information content (AvgIpc) is 2.58. The first-order chi connectivity index (χ1) is 10.8. The maximum absolute atomic E-state index is 6.27. The number of nitrogens with one attached hydrogen (secondary N) is 1. The summed E-state index contributed by atoms with van der Waals surface area (Å²) < 4.78 is 5.33. The van der Waals surface area contributed by atoms with Crippen LogP contribution < -0.4 is 15.0 Å². The molecule has 2 aromatic rings. The molecule has 1 aromatic carbocycles. The molecule has 3 rings (SSSR count). The molecule has 1 aliphatic heterocycles. The number of hydrogen-bond donors (Lipinski definition) is 1. The third-order valence-electron chi connectivity index (χ3n) is 3.73. The van der Waals surface area contributed by atoms with Gasteiger partial charge in [0.25, 0.3) is 0 Å². The van der Waals surface area contributed by atoms with E-state index >= 15 is 0 Å². The highest BCUT2D eigenvalue weighted by Gasteiger charge is 2.16. The zero-order valence-corrected chi connectivity index (χ0v) is 13.3. The van der Waals surface area contributed by atoms with E-state index in [9.17, 15) is 0 Å². The summed E-state index contributed by atoms with van der Waals surface area (Å²) in [5.41, 5.74) is 0.830. The van der Waals surface area contributed by atoms with Gasteiger partial charge in [0.1, 0.15) is 10.8 Å². The molecule has 116 valence electrons. The largest absolute Gasteiger partial charge is 0.495 e. The van der Waals surface area contributed by atoms with Crippen molar-refractivity contribution in [2.24, 2.45) is 0 Å². The fourth-order valence-corrected chi connectivity index (χ4v) is 2.82. The third-order valence-corrected chi connectivity index (χ3v) is 4.00. The summed E-state index contributed by atoms with van der Waals surface area (Å²) in [6.45, 7) is 1.98. The summed E-state index contributed by atoms with van der Waals surface area (Å²) in [6, 6.07) is 7.68. The fourth-order valence-electron chi connectivity index (χ4n) is 2.61. The van der Waals surface area contributed by atoms with Gasteiger partial charge in [0.15, 0.2) is 5.82 Å². The van der Waals surface area contributed by atoms with Gasteiger partial charge >= 0.3 is 0 Å². The molecule has 0 spiro atoms. The van der Waals surface area contributed by atoms with Crippen LogP contribution in [0.5, 0.6) is 5.75 Å². The highest BCUT2D eigenvalue weighted by Crippen LogP contribution is 2.29. The van der Waals surface area contributed by atoms with Crippen LogP contribution in [-0.2, 0) is 0 Å². The van der Waals surface area contributed by atoms with Crippen LogP contribution in [0.3, 0.4) is 0 Å². The van der Waals surface area contributed by atoms with Gasteiger partial charge in [0.2, 0.25) is 5.95 Å². The quantitative estimate of drug-likeness (QED) is 0.927. The van der Waals surface area contributed by atoms with Crippen molar-refractivity contribution >= 4 is 29.1 Å². The van der Waals surface area contributed by atoms with Gasteiger partial charge in [-0.05, 0) is 31.4 Å². The molecule has 0 atom stereocenters. The van der Waals surface area contributed by atoms with E-state index < -0.39 is 0 Å². The normalized spacial score (nSPS) is 14.7. The number of halogens is 1. The van der Waals surface area contributed by atoms with Crippen LogP contribution in [0.25, 0.3) is 0 Å². The molecule has 0 unspecified atom stereocenters. The summed E-state index contributed by atoms with van der Waals surface area (Å²) in [4.78, 5) is 11.1. The number of rotatable bonds is 4. The molecule has 1 fully saturated rings. The van der Waals surface area contributed by atoms with Crippen molar-refractivity contribution in [3.63, 3.8) is 0 Å². The van der Waals surface area contributed by atoms with Gasteiger partial charge < -0.3 is 15.0 Å². The lowest BCUT2D eigenvalue weighted by Gasteiger charge is -2.28. The first-order valence-corrected chi connectivity index (χ1v) is 7.83. The Labute approximate surface area is 135 Å². The van der Waals surface area contributed by atoms with E-state index in [-0.39, 0.29) is 0 Å². The third kappa shape index (κ3) is 3.25. The lowest BCUT2D eigenvalue weighted by molar-refractivity contribution is 0.417. The summed E-state index contributed by atoms with van der Waals surface area (Å²) in [5.74, 6) is 2.07.